The fourth-order valence-electron chi connectivity index (χ4n) is 4.42. The van der Waals surface area contributed by atoms with Crippen molar-refractivity contribution in [2.45, 2.75) is 57.3 Å². The molecule has 1 aromatic heterocycles. The molecule has 3 aliphatic rings. The Hall–Kier alpha value is -1.66. The summed E-state index contributed by atoms with van der Waals surface area (Å²) >= 11 is 0. The highest BCUT2D eigenvalue weighted by molar-refractivity contribution is 5.94. The summed E-state index contributed by atoms with van der Waals surface area (Å²) in [6, 6.07) is 4.28. The number of hydrogen-bond acceptors (Lipinski definition) is 5. The zero-order valence-corrected chi connectivity index (χ0v) is 15.7. The van der Waals surface area contributed by atoms with E-state index in [1.807, 2.05) is 17.0 Å². The van der Waals surface area contributed by atoms with Crippen LogP contribution in [0.3, 0.4) is 0 Å². The van der Waals surface area contributed by atoms with Gasteiger partial charge in [0.1, 0.15) is 5.82 Å². The van der Waals surface area contributed by atoms with Crippen LogP contribution in [0.15, 0.2) is 18.3 Å². The van der Waals surface area contributed by atoms with Crippen LogP contribution in [0.25, 0.3) is 0 Å². The molecule has 1 spiro atoms. The molecular formula is C20H29N3O3. The van der Waals surface area contributed by atoms with E-state index in [4.69, 9.17) is 9.47 Å². The Morgan fingerprint density at radius 2 is 1.96 bits per heavy atom. The van der Waals surface area contributed by atoms with Gasteiger partial charge in [-0.2, -0.15) is 0 Å². The number of piperidine rings is 2. The van der Waals surface area contributed by atoms with Crippen molar-refractivity contribution < 1.29 is 14.3 Å². The second kappa shape index (κ2) is 7.53. The maximum atomic E-state index is 12.9. The van der Waals surface area contributed by atoms with Gasteiger partial charge in [-0.3, -0.25) is 4.79 Å². The second-order valence-electron chi connectivity index (χ2n) is 7.56. The van der Waals surface area contributed by atoms with Gasteiger partial charge in [-0.1, -0.05) is 6.92 Å². The third-order valence-electron chi connectivity index (χ3n) is 6.02. The number of likely N-dealkylation sites (tertiary alicyclic amines) is 1. The van der Waals surface area contributed by atoms with Crippen LogP contribution in [0, 0.1) is 0 Å². The van der Waals surface area contributed by atoms with Crippen LogP contribution >= 0.6 is 0 Å². The summed E-state index contributed by atoms with van der Waals surface area (Å²) in [6.45, 7) is 6.16. The molecule has 4 heterocycles. The molecule has 4 rings (SSSR count). The van der Waals surface area contributed by atoms with Crippen LogP contribution in [0.5, 0.6) is 0 Å². The summed E-state index contributed by atoms with van der Waals surface area (Å²) in [5.41, 5.74) is 0.699. The first kappa shape index (κ1) is 17.7. The SMILES string of the molecule is CCC1CCCCN1C(=O)c1ccc(N2CCC3(CC2)OCCO3)nc1. The van der Waals surface area contributed by atoms with Crippen LogP contribution in [0.1, 0.15) is 55.8 Å². The number of rotatable bonds is 3. The average Bonchev–Trinajstić information content (AvgIpc) is 3.16. The first-order chi connectivity index (χ1) is 12.7. The summed E-state index contributed by atoms with van der Waals surface area (Å²) < 4.78 is 11.6. The highest BCUT2D eigenvalue weighted by Gasteiger charge is 2.40. The lowest BCUT2D eigenvalue weighted by molar-refractivity contribution is -0.169. The minimum atomic E-state index is -0.365. The van der Waals surface area contributed by atoms with E-state index >= 15 is 0 Å². The van der Waals surface area contributed by atoms with E-state index in [-0.39, 0.29) is 11.7 Å². The molecule has 0 aromatic carbocycles. The summed E-state index contributed by atoms with van der Waals surface area (Å²) in [5.74, 6) is 0.691. The minimum Gasteiger partial charge on any atom is -0.356 e. The molecule has 26 heavy (non-hydrogen) atoms. The number of amides is 1. The standard InChI is InChI=1S/C20H29N3O3/c1-2-17-5-3-4-10-23(17)19(24)16-6-7-18(21-15-16)22-11-8-20(9-12-22)25-13-14-26-20/h6-7,15,17H,2-5,8-14H2,1H3. The Morgan fingerprint density at radius 1 is 1.19 bits per heavy atom. The third-order valence-corrected chi connectivity index (χ3v) is 6.02. The summed E-state index contributed by atoms with van der Waals surface area (Å²) in [7, 11) is 0. The quantitative estimate of drug-likeness (QED) is 0.831. The first-order valence-electron chi connectivity index (χ1n) is 10.0. The maximum Gasteiger partial charge on any atom is 0.255 e. The number of hydrogen-bond donors (Lipinski definition) is 0. The normalized spacial score (nSPS) is 25.7. The molecule has 0 N–H and O–H groups in total. The van der Waals surface area contributed by atoms with Crippen molar-refractivity contribution in [3.05, 3.63) is 23.9 Å². The van der Waals surface area contributed by atoms with Crippen molar-refractivity contribution in [1.82, 2.24) is 9.88 Å². The van der Waals surface area contributed by atoms with Gasteiger partial charge >= 0.3 is 0 Å². The molecule has 3 fully saturated rings. The van der Waals surface area contributed by atoms with Crippen molar-refractivity contribution in [1.29, 1.82) is 0 Å². The molecular weight excluding hydrogens is 330 g/mol. The van der Waals surface area contributed by atoms with Gasteiger partial charge in [-0.05, 0) is 37.8 Å². The predicted octanol–water partition coefficient (Wildman–Crippen LogP) is 2.83. The van der Waals surface area contributed by atoms with Crippen LogP contribution in [-0.4, -0.2) is 60.5 Å². The Bertz CT molecular complexity index is 618. The van der Waals surface area contributed by atoms with E-state index in [9.17, 15) is 4.79 Å². The molecule has 0 bridgehead atoms. The highest BCUT2D eigenvalue weighted by Crippen LogP contribution is 2.32. The summed E-state index contributed by atoms with van der Waals surface area (Å²) in [6.07, 6.45) is 7.94. The maximum absolute atomic E-state index is 12.9. The fraction of sp³-hybridized carbons (Fsp3) is 0.700. The summed E-state index contributed by atoms with van der Waals surface area (Å²) in [4.78, 5) is 21.7. The molecule has 1 atom stereocenters. The number of anilines is 1. The lowest BCUT2D eigenvalue weighted by Gasteiger charge is -2.38. The Balaban J connectivity index is 1.40. The molecule has 1 unspecified atom stereocenters. The van der Waals surface area contributed by atoms with Gasteiger partial charge in [0, 0.05) is 44.7 Å². The van der Waals surface area contributed by atoms with Crippen LogP contribution < -0.4 is 4.90 Å². The zero-order chi connectivity index (χ0) is 18.0. The van der Waals surface area contributed by atoms with Crippen LogP contribution in [0.4, 0.5) is 5.82 Å². The smallest absolute Gasteiger partial charge is 0.255 e. The van der Waals surface area contributed by atoms with Gasteiger partial charge in [0.05, 0.1) is 18.8 Å². The van der Waals surface area contributed by atoms with Gasteiger partial charge in [-0.15, -0.1) is 0 Å². The molecule has 1 aromatic rings. The molecule has 0 radical (unpaired) electrons. The summed E-state index contributed by atoms with van der Waals surface area (Å²) in [5, 5.41) is 0. The van der Waals surface area contributed by atoms with Crippen molar-refractivity contribution in [2.24, 2.45) is 0 Å². The van der Waals surface area contributed by atoms with E-state index < -0.39 is 0 Å². The molecule has 6 heteroatoms. The molecule has 3 aliphatic heterocycles. The van der Waals surface area contributed by atoms with Crippen LogP contribution in [0.2, 0.25) is 0 Å². The van der Waals surface area contributed by atoms with E-state index in [1.54, 1.807) is 6.20 Å². The van der Waals surface area contributed by atoms with E-state index in [0.717, 1.165) is 57.6 Å². The van der Waals surface area contributed by atoms with Crippen molar-refractivity contribution in [3.63, 3.8) is 0 Å². The molecule has 1 amide bonds. The Morgan fingerprint density at radius 3 is 2.62 bits per heavy atom. The monoisotopic (exact) mass is 359 g/mol. The molecule has 3 saturated heterocycles. The number of ether oxygens (including phenoxy) is 2. The lowest BCUT2D eigenvalue weighted by Crippen LogP contribution is -2.45. The van der Waals surface area contributed by atoms with Gasteiger partial charge in [0.15, 0.2) is 5.79 Å². The van der Waals surface area contributed by atoms with Crippen molar-refractivity contribution in [2.75, 3.05) is 37.7 Å². The third kappa shape index (κ3) is 3.45. The van der Waals surface area contributed by atoms with Crippen LogP contribution in [-0.2, 0) is 9.47 Å². The van der Waals surface area contributed by atoms with E-state index in [0.29, 0.717) is 24.8 Å². The average molecular weight is 359 g/mol. The number of aromatic nitrogens is 1. The zero-order valence-electron chi connectivity index (χ0n) is 15.7. The second-order valence-corrected chi connectivity index (χ2v) is 7.56. The van der Waals surface area contributed by atoms with Crippen molar-refractivity contribution in [3.8, 4) is 0 Å². The van der Waals surface area contributed by atoms with E-state index in [1.165, 1.54) is 6.42 Å². The minimum absolute atomic E-state index is 0.126. The number of carbonyl (C=O) groups is 1. The number of carbonyl (C=O) groups excluding carboxylic acids is 1. The van der Waals surface area contributed by atoms with E-state index in [2.05, 4.69) is 16.8 Å². The van der Waals surface area contributed by atoms with Gasteiger partial charge in [-0.25, -0.2) is 4.98 Å². The van der Waals surface area contributed by atoms with Gasteiger partial charge < -0.3 is 19.3 Å². The Kier molecular flexibility index (Phi) is 5.14. The highest BCUT2D eigenvalue weighted by atomic mass is 16.7. The van der Waals surface area contributed by atoms with Crippen molar-refractivity contribution >= 4 is 11.7 Å². The fourth-order valence-corrected chi connectivity index (χ4v) is 4.42. The lowest BCUT2D eigenvalue weighted by atomic mass is 9.99. The Labute approximate surface area is 155 Å². The van der Waals surface area contributed by atoms with Gasteiger partial charge in [0.25, 0.3) is 5.91 Å². The molecule has 142 valence electrons. The predicted molar refractivity (Wildman–Crippen MR) is 99.3 cm³/mol. The first-order valence-corrected chi connectivity index (χ1v) is 10.0. The number of nitrogens with zero attached hydrogens (tertiary/aromatic N) is 3. The number of pyridine rings is 1. The topological polar surface area (TPSA) is 54.9 Å². The molecule has 0 aliphatic carbocycles. The molecule has 0 saturated carbocycles. The largest absolute Gasteiger partial charge is 0.356 e. The molecule has 6 nitrogen and oxygen atoms in total. The van der Waals surface area contributed by atoms with Gasteiger partial charge in [0.2, 0.25) is 0 Å².